The molecule has 2 unspecified atom stereocenters. The topological polar surface area (TPSA) is 55.1 Å². The van der Waals surface area contributed by atoms with E-state index in [1.54, 1.807) is 6.26 Å². The number of benzene rings is 1. The molecule has 0 aliphatic carbocycles. The van der Waals surface area contributed by atoms with Gasteiger partial charge < -0.3 is 11.1 Å². The molecule has 5 heteroatoms. The molecule has 0 aliphatic rings. The van der Waals surface area contributed by atoms with Gasteiger partial charge in [0.25, 0.3) is 0 Å². The zero-order chi connectivity index (χ0) is 11.4. The molecule has 0 amide bonds. The first-order chi connectivity index (χ1) is 6.99. The van der Waals surface area contributed by atoms with Crippen LogP contribution in [0, 0.1) is 0 Å². The van der Waals surface area contributed by atoms with Crippen LogP contribution in [-0.4, -0.2) is 22.3 Å². The third-order valence-electron chi connectivity index (χ3n) is 1.88. The van der Waals surface area contributed by atoms with Crippen molar-refractivity contribution in [1.82, 2.24) is 0 Å². The summed E-state index contributed by atoms with van der Waals surface area (Å²) >= 11 is 3.42. The molecule has 0 heterocycles. The van der Waals surface area contributed by atoms with E-state index >= 15 is 0 Å². The first kappa shape index (κ1) is 12.5. The Morgan fingerprint density at radius 1 is 1.60 bits per heavy atom. The smallest absolute Gasteiger partial charge is 0.0488 e. The van der Waals surface area contributed by atoms with Gasteiger partial charge in [-0.3, -0.25) is 4.21 Å². The van der Waals surface area contributed by atoms with E-state index < -0.39 is 10.8 Å². The summed E-state index contributed by atoms with van der Waals surface area (Å²) in [6.07, 6.45) is 1.70. The van der Waals surface area contributed by atoms with Crippen molar-refractivity contribution >= 4 is 38.1 Å². The van der Waals surface area contributed by atoms with Gasteiger partial charge in [0.2, 0.25) is 0 Å². The molecule has 1 aromatic rings. The molecular formula is C10H15BrN2OS. The molecule has 3 nitrogen and oxygen atoms in total. The molecule has 0 saturated carbocycles. The predicted molar refractivity (Wildman–Crippen MR) is 70.6 cm³/mol. The minimum Gasteiger partial charge on any atom is -0.399 e. The van der Waals surface area contributed by atoms with Crippen LogP contribution >= 0.6 is 15.9 Å². The molecule has 1 rings (SSSR count). The van der Waals surface area contributed by atoms with Crippen LogP contribution in [0.3, 0.4) is 0 Å². The van der Waals surface area contributed by atoms with Crippen molar-refractivity contribution in [1.29, 1.82) is 0 Å². The highest BCUT2D eigenvalue weighted by Gasteiger charge is 2.06. The van der Waals surface area contributed by atoms with Gasteiger partial charge in [-0.15, -0.1) is 0 Å². The van der Waals surface area contributed by atoms with Crippen molar-refractivity contribution in [2.45, 2.75) is 13.0 Å². The Balaban J connectivity index is 2.68. The first-order valence-corrected chi connectivity index (χ1v) is 7.12. The lowest BCUT2D eigenvalue weighted by atomic mass is 10.2. The highest BCUT2D eigenvalue weighted by molar-refractivity contribution is 9.10. The monoisotopic (exact) mass is 290 g/mol. The van der Waals surface area contributed by atoms with Crippen molar-refractivity contribution in [3.8, 4) is 0 Å². The van der Waals surface area contributed by atoms with Crippen molar-refractivity contribution in [2.75, 3.05) is 23.1 Å². The number of hydrogen-bond acceptors (Lipinski definition) is 3. The summed E-state index contributed by atoms with van der Waals surface area (Å²) in [6, 6.07) is 5.77. The number of hydrogen-bond donors (Lipinski definition) is 2. The lowest BCUT2D eigenvalue weighted by Gasteiger charge is -2.15. The molecule has 0 bridgehead atoms. The number of nitrogen functional groups attached to an aromatic ring is 1. The van der Waals surface area contributed by atoms with Crippen molar-refractivity contribution in [2.24, 2.45) is 0 Å². The van der Waals surface area contributed by atoms with E-state index in [0.29, 0.717) is 5.75 Å². The van der Waals surface area contributed by atoms with E-state index in [2.05, 4.69) is 21.2 Å². The normalized spacial score (nSPS) is 14.6. The average Bonchev–Trinajstić information content (AvgIpc) is 2.08. The Hall–Kier alpha value is -0.550. The van der Waals surface area contributed by atoms with E-state index in [4.69, 9.17) is 5.73 Å². The van der Waals surface area contributed by atoms with Gasteiger partial charge >= 0.3 is 0 Å². The standard InChI is InChI=1S/C10H15BrN2OS/c1-7(6-15(2)14)13-10-4-3-8(12)5-9(10)11/h3-5,7,13H,6,12H2,1-2H3. The fourth-order valence-corrected chi connectivity index (χ4v) is 2.61. The maximum absolute atomic E-state index is 11.0. The molecule has 0 aromatic heterocycles. The summed E-state index contributed by atoms with van der Waals surface area (Å²) in [6.45, 7) is 2.00. The second-order valence-corrected chi connectivity index (χ2v) is 5.86. The summed E-state index contributed by atoms with van der Waals surface area (Å²) in [5.41, 5.74) is 7.33. The van der Waals surface area contributed by atoms with Crippen LogP contribution in [0.4, 0.5) is 11.4 Å². The van der Waals surface area contributed by atoms with Gasteiger partial charge in [0.1, 0.15) is 0 Å². The summed E-state index contributed by atoms with van der Waals surface area (Å²) < 4.78 is 11.9. The van der Waals surface area contributed by atoms with Crippen LogP contribution in [-0.2, 0) is 10.8 Å². The van der Waals surface area contributed by atoms with E-state index in [1.165, 1.54) is 0 Å². The number of anilines is 2. The molecule has 0 spiro atoms. The molecule has 1 aromatic carbocycles. The molecule has 15 heavy (non-hydrogen) atoms. The first-order valence-electron chi connectivity index (χ1n) is 4.60. The molecule has 3 N–H and O–H groups in total. The number of nitrogens with two attached hydrogens (primary N) is 1. The second-order valence-electron chi connectivity index (χ2n) is 3.52. The highest BCUT2D eigenvalue weighted by atomic mass is 79.9. The average molecular weight is 291 g/mol. The van der Waals surface area contributed by atoms with E-state index in [0.717, 1.165) is 15.8 Å². The predicted octanol–water partition coefficient (Wildman–Crippen LogP) is 2.21. The molecule has 2 atom stereocenters. The van der Waals surface area contributed by atoms with Gasteiger partial charge in [-0.25, -0.2) is 0 Å². The fraction of sp³-hybridized carbons (Fsp3) is 0.400. The zero-order valence-corrected chi connectivity index (χ0v) is 11.2. The molecular weight excluding hydrogens is 276 g/mol. The summed E-state index contributed by atoms with van der Waals surface area (Å²) in [5.74, 6) is 0.636. The lowest BCUT2D eigenvalue weighted by molar-refractivity contribution is 0.683. The Bertz CT molecular complexity index is 370. The van der Waals surface area contributed by atoms with Gasteiger partial charge in [0.15, 0.2) is 0 Å². The Kier molecular flexibility index (Phi) is 4.60. The largest absolute Gasteiger partial charge is 0.399 e. The summed E-state index contributed by atoms with van der Waals surface area (Å²) in [7, 11) is -0.783. The number of rotatable bonds is 4. The third kappa shape index (κ3) is 4.22. The number of halogens is 1. The molecule has 0 aliphatic heterocycles. The summed E-state index contributed by atoms with van der Waals surface area (Å²) in [4.78, 5) is 0. The van der Waals surface area contributed by atoms with E-state index in [1.807, 2.05) is 25.1 Å². The van der Waals surface area contributed by atoms with Gasteiger partial charge in [-0.05, 0) is 41.1 Å². The zero-order valence-electron chi connectivity index (χ0n) is 8.79. The Morgan fingerprint density at radius 2 is 2.27 bits per heavy atom. The Morgan fingerprint density at radius 3 is 2.80 bits per heavy atom. The molecule has 0 radical (unpaired) electrons. The van der Waals surface area contributed by atoms with Crippen molar-refractivity contribution in [3.63, 3.8) is 0 Å². The maximum atomic E-state index is 11.0. The highest BCUT2D eigenvalue weighted by Crippen LogP contribution is 2.25. The second kappa shape index (κ2) is 5.51. The van der Waals surface area contributed by atoms with Crippen LogP contribution in [0.1, 0.15) is 6.92 Å². The van der Waals surface area contributed by atoms with Gasteiger partial charge in [-0.2, -0.15) is 0 Å². The minimum absolute atomic E-state index is 0.177. The van der Waals surface area contributed by atoms with E-state index in [9.17, 15) is 4.21 Å². The van der Waals surface area contributed by atoms with Gasteiger partial charge in [-0.1, -0.05) is 0 Å². The summed E-state index contributed by atoms with van der Waals surface area (Å²) in [5, 5.41) is 3.27. The van der Waals surface area contributed by atoms with Gasteiger partial charge in [0.05, 0.1) is 0 Å². The fourth-order valence-electron chi connectivity index (χ4n) is 1.31. The number of nitrogens with one attached hydrogen (secondary N) is 1. The van der Waals surface area contributed by atoms with Crippen molar-refractivity contribution in [3.05, 3.63) is 22.7 Å². The SMILES string of the molecule is CC(CS(C)=O)Nc1ccc(N)cc1Br. The van der Waals surface area contributed by atoms with E-state index in [-0.39, 0.29) is 6.04 Å². The van der Waals surface area contributed by atoms with Crippen LogP contribution in [0.2, 0.25) is 0 Å². The molecule has 0 fully saturated rings. The molecule has 0 saturated heterocycles. The van der Waals surface area contributed by atoms with Crippen LogP contribution in [0.15, 0.2) is 22.7 Å². The lowest BCUT2D eigenvalue weighted by Crippen LogP contribution is -2.22. The third-order valence-corrected chi connectivity index (χ3v) is 3.51. The maximum Gasteiger partial charge on any atom is 0.0488 e. The van der Waals surface area contributed by atoms with Crippen molar-refractivity contribution < 1.29 is 4.21 Å². The van der Waals surface area contributed by atoms with Crippen LogP contribution in [0.5, 0.6) is 0 Å². The van der Waals surface area contributed by atoms with Crippen LogP contribution in [0.25, 0.3) is 0 Å². The van der Waals surface area contributed by atoms with Crippen LogP contribution < -0.4 is 11.1 Å². The molecule has 84 valence electrons. The Labute approximate surface area is 101 Å². The quantitative estimate of drug-likeness (QED) is 0.836. The minimum atomic E-state index is -0.783. The van der Waals surface area contributed by atoms with Gasteiger partial charge in [0, 0.05) is 44.7 Å².